The van der Waals surface area contributed by atoms with E-state index in [0.717, 1.165) is 23.1 Å². The molecule has 0 spiro atoms. The first-order valence-electron chi connectivity index (χ1n) is 6.38. The van der Waals surface area contributed by atoms with E-state index in [1.807, 2.05) is 6.92 Å². The summed E-state index contributed by atoms with van der Waals surface area (Å²) < 4.78 is 37.5. The fourth-order valence-corrected chi connectivity index (χ4v) is 2.60. The lowest BCUT2D eigenvalue weighted by Crippen LogP contribution is -2.42. The number of nitrogens with two attached hydrogens (primary N) is 1. The molecule has 0 radical (unpaired) electrons. The lowest BCUT2D eigenvalue weighted by atomic mass is 10.1. The van der Waals surface area contributed by atoms with Crippen molar-refractivity contribution in [2.45, 2.75) is 51.4 Å². The number of hydrogen-bond donors (Lipinski definition) is 2. The molecule has 3 N–H and O–H groups in total. The van der Waals surface area contributed by atoms with Gasteiger partial charge in [-0.15, -0.1) is 23.7 Å². The Morgan fingerprint density at radius 1 is 1.48 bits per heavy atom. The molecule has 0 bridgehead atoms. The van der Waals surface area contributed by atoms with Crippen molar-refractivity contribution in [1.29, 1.82) is 0 Å². The van der Waals surface area contributed by atoms with E-state index in [-0.39, 0.29) is 23.3 Å². The van der Waals surface area contributed by atoms with Crippen LogP contribution in [0.3, 0.4) is 0 Å². The SMILES string of the molecule is CCCC(N)C(=O)NC(CC)c1nc(C(F)(F)F)cs1.Cl. The van der Waals surface area contributed by atoms with Crippen LogP contribution in [-0.2, 0) is 11.0 Å². The van der Waals surface area contributed by atoms with Gasteiger partial charge >= 0.3 is 6.18 Å². The molecule has 1 rings (SSSR count). The molecule has 122 valence electrons. The summed E-state index contributed by atoms with van der Waals surface area (Å²) in [6.45, 7) is 3.67. The van der Waals surface area contributed by atoms with Crippen molar-refractivity contribution < 1.29 is 18.0 Å². The van der Waals surface area contributed by atoms with Gasteiger partial charge in [0.1, 0.15) is 5.01 Å². The first-order chi connectivity index (χ1) is 9.29. The lowest BCUT2D eigenvalue weighted by molar-refractivity contribution is -0.140. The molecule has 4 nitrogen and oxygen atoms in total. The van der Waals surface area contributed by atoms with Gasteiger partial charge in [0.15, 0.2) is 5.69 Å². The highest BCUT2D eigenvalue weighted by Gasteiger charge is 2.34. The molecule has 0 saturated heterocycles. The first kappa shape index (κ1) is 20.1. The molecule has 0 saturated carbocycles. The zero-order chi connectivity index (χ0) is 15.3. The molecule has 0 fully saturated rings. The van der Waals surface area contributed by atoms with Crippen LogP contribution < -0.4 is 11.1 Å². The molecule has 2 unspecified atom stereocenters. The minimum absolute atomic E-state index is 0. The third kappa shape index (κ3) is 5.80. The van der Waals surface area contributed by atoms with Crippen LogP contribution in [0.1, 0.15) is 49.9 Å². The molecule has 2 atom stereocenters. The minimum Gasteiger partial charge on any atom is -0.346 e. The highest BCUT2D eigenvalue weighted by atomic mass is 35.5. The van der Waals surface area contributed by atoms with E-state index >= 15 is 0 Å². The van der Waals surface area contributed by atoms with Crippen LogP contribution in [0.2, 0.25) is 0 Å². The van der Waals surface area contributed by atoms with Crippen molar-refractivity contribution in [1.82, 2.24) is 10.3 Å². The van der Waals surface area contributed by atoms with Crippen molar-refractivity contribution >= 4 is 29.7 Å². The predicted molar refractivity (Wildman–Crippen MR) is 78.4 cm³/mol. The van der Waals surface area contributed by atoms with Gasteiger partial charge in [0.25, 0.3) is 0 Å². The first-order valence-corrected chi connectivity index (χ1v) is 7.26. The molecule has 1 amide bonds. The Morgan fingerprint density at radius 2 is 2.10 bits per heavy atom. The average molecular weight is 346 g/mol. The summed E-state index contributed by atoms with van der Waals surface area (Å²) in [7, 11) is 0. The van der Waals surface area contributed by atoms with Crippen molar-refractivity contribution in [2.24, 2.45) is 5.73 Å². The van der Waals surface area contributed by atoms with Crippen LogP contribution in [0.5, 0.6) is 0 Å². The summed E-state index contributed by atoms with van der Waals surface area (Å²) in [5.41, 5.74) is 4.75. The van der Waals surface area contributed by atoms with Crippen molar-refractivity contribution in [3.05, 3.63) is 16.1 Å². The van der Waals surface area contributed by atoms with Gasteiger partial charge in [-0.25, -0.2) is 4.98 Å². The average Bonchev–Trinajstić information content (AvgIpc) is 2.85. The Hall–Kier alpha value is -0.860. The Labute approximate surface area is 131 Å². The van der Waals surface area contributed by atoms with Gasteiger partial charge in [-0.3, -0.25) is 4.79 Å². The standard InChI is InChI=1S/C12H18F3N3OS.ClH/c1-3-5-7(16)10(19)17-8(4-2)11-18-9(6-20-11)12(13,14)15;/h6-8H,3-5,16H2,1-2H3,(H,17,19);1H. The maximum absolute atomic E-state index is 12.5. The minimum atomic E-state index is -4.46. The Bertz CT molecular complexity index is 453. The van der Waals surface area contributed by atoms with Crippen LogP contribution in [0.15, 0.2) is 5.38 Å². The third-order valence-electron chi connectivity index (χ3n) is 2.77. The second-order valence-corrected chi connectivity index (χ2v) is 5.32. The van der Waals surface area contributed by atoms with Gasteiger partial charge in [0.2, 0.25) is 5.91 Å². The van der Waals surface area contributed by atoms with Gasteiger partial charge in [0, 0.05) is 5.38 Å². The number of rotatable bonds is 6. The number of carbonyl (C=O) groups excluding carboxylic acids is 1. The van der Waals surface area contributed by atoms with Crippen LogP contribution in [0, 0.1) is 0 Å². The van der Waals surface area contributed by atoms with E-state index in [0.29, 0.717) is 12.8 Å². The van der Waals surface area contributed by atoms with Crippen molar-refractivity contribution in [3.63, 3.8) is 0 Å². The Balaban J connectivity index is 0.00000400. The van der Waals surface area contributed by atoms with E-state index < -0.39 is 24.0 Å². The molecule has 0 aromatic carbocycles. The second kappa shape index (κ2) is 8.55. The molecule has 1 aromatic heterocycles. The molecular formula is C12H19ClF3N3OS. The molecule has 1 heterocycles. The quantitative estimate of drug-likeness (QED) is 0.831. The van der Waals surface area contributed by atoms with Gasteiger partial charge in [-0.1, -0.05) is 20.3 Å². The van der Waals surface area contributed by atoms with E-state index in [9.17, 15) is 18.0 Å². The summed E-state index contributed by atoms with van der Waals surface area (Å²) in [6, 6.07) is -1.18. The van der Waals surface area contributed by atoms with Gasteiger partial charge < -0.3 is 11.1 Å². The fourth-order valence-electron chi connectivity index (χ4n) is 1.64. The van der Waals surface area contributed by atoms with E-state index in [2.05, 4.69) is 10.3 Å². The number of halogens is 4. The summed E-state index contributed by atoms with van der Waals surface area (Å²) in [5, 5.41) is 3.85. The van der Waals surface area contributed by atoms with Crippen LogP contribution in [0.25, 0.3) is 0 Å². The van der Waals surface area contributed by atoms with E-state index in [1.54, 1.807) is 6.92 Å². The Morgan fingerprint density at radius 3 is 2.52 bits per heavy atom. The maximum atomic E-state index is 12.5. The van der Waals surface area contributed by atoms with Gasteiger partial charge in [-0.05, 0) is 12.8 Å². The van der Waals surface area contributed by atoms with Crippen molar-refractivity contribution in [2.75, 3.05) is 0 Å². The molecule has 9 heteroatoms. The van der Waals surface area contributed by atoms with Gasteiger partial charge in [-0.2, -0.15) is 13.2 Å². The normalized spacial score (nSPS) is 14.2. The molecular weight excluding hydrogens is 327 g/mol. The number of aromatic nitrogens is 1. The summed E-state index contributed by atoms with van der Waals surface area (Å²) in [6.07, 6.45) is -2.71. The third-order valence-corrected chi connectivity index (χ3v) is 3.73. The summed E-state index contributed by atoms with van der Waals surface area (Å²) in [4.78, 5) is 15.3. The Kier molecular flexibility index (Phi) is 8.20. The largest absolute Gasteiger partial charge is 0.434 e. The smallest absolute Gasteiger partial charge is 0.346 e. The summed E-state index contributed by atoms with van der Waals surface area (Å²) >= 11 is 0.890. The number of amides is 1. The molecule has 1 aromatic rings. The monoisotopic (exact) mass is 345 g/mol. The maximum Gasteiger partial charge on any atom is 0.434 e. The van der Waals surface area contributed by atoms with Crippen LogP contribution in [0.4, 0.5) is 13.2 Å². The topological polar surface area (TPSA) is 68.0 Å². The number of nitrogens with one attached hydrogen (secondary N) is 1. The van der Waals surface area contributed by atoms with E-state index in [1.165, 1.54) is 0 Å². The zero-order valence-electron chi connectivity index (χ0n) is 11.7. The van der Waals surface area contributed by atoms with E-state index in [4.69, 9.17) is 5.73 Å². The predicted octanol–water partition coefficient (Wildman–Crippen LogP) is 3.28. The number of carbonyl (C=O) groups is 1. The number of alkyl halides is 3. The molecule has 0 aliphatic carbocycles. The second-order valence-electron chi connectivity index (χ2n) is 4.43. The van der Waals surface area contributed by atoms with Crippen LogP contribution >= 0.6 is 23.7 Å². The molecule has 0 aliphatic heterocycles. The highest BCUT2D eigenvalue weighted by Crippen LogP contribution is 2.32. The molecule has 0 aliphatic rings. The number of thiazole rings is 1. The molecule has 21 heavy (non-hydrogen) atoms. The fraction of sp³-hybridized carbons (Fsp3) is 0.667. The lowest BCUT2D eigenvalue weighted by Gasteiger charge is -2.17. The summed E-state index contributed by atoms with van der Waals surface area (Å²) in [5.74, 6) is -0.359. The van der Waals surface area contributed by atoms with Gasteiger partial charge in [0.05, 0.1) is 12.1 Å². The van der Waals surface area contributed by atoms with Crippen molar-refractivity contribution in [3.8, 4) is 0 Å². The number of nitrogens with zero attached hydrogens (tertiary/aromatic N) is 1. The van der Waals surface area contributed by atoms with Crippen LogP contribution in [-0.4, -0.2) is 16.9 Å². The highest BCUT2D eigenvalue weighted by molar-refractivity contribution is 7.09. The number of hydrogen-bond acceptors (Lipinski definition) is 4. The zero-order valence-corrected chi connectivity index (χ0v) is 13.4.